The zero-order chi connectivity index (χ0) is 12.3. The van der Waals surface area contributed by atoms with E-state index in [9.17, 15) is 4.79 Å². The quantitative estimate of drug-likeness (QED) is 0.606. The zero-order valence-electron chi connectivity index (χ0n) is 9.56. The Labute approximate surface area is 114 Å². The van der Waals surface area contributed by atoms with E-state index < -0.39 is 0 Å². The number of aromatic nitrogens is 1. The average Bonchev–Trinajstić information content (AvgIpc) is 3.12. The maximum Gasteiger partial charge on any atom is 0.340 e. The molecule has 5 heteroatoms. The molecule has 2 rings (SSSR count). The van der Waals surface area contributed by atoms with E-state index in [2.05, 4.69) is 27.6 Å². The van der Waals surface area contributed by atoms with Gasteiger partial charge in [-0.2, -0.15) is 0 Å². The predicted octanol–water partition coefficient (Wildman–Crippen LogP) is 2.27. The van der Waals surface area contributed by atoms with Gasteiger partial charge in [0.25, 0.3) is 0 Å². The Balaban J connectivity index is 1.99. The lowest BCUT2D eigenvalue weighted by Crippen LogP contribution is -2.25. The van der Waals surface area contributed by atoms with Crippen LogP contribution in [0, 0.1) is 9.49 Å². The molecular weight excluding hydrogens is 333 g/mol. The van der Waals surface area contributed by atoms with E-state index in [1.54, 1.807) is 19.4 Å². The van der Waals surface area contributed by atoms with E-state index in [1.807, 2.05) is 0 Å². The second-order valence-electron chi connectivity index (χ2n) is 4.13. The third kappa shape index (κ3) is 3.64. The SMILES string of the molecule is COC[C@H](OC(=O)c1cncc(I)c1)C1CC1. The van der Waals surface area contributed by atoms with Gasteiger partial charge >= 0.3 is 5.97 Å². The highest BCUT2D eigenvalue weighted by Gasteiger charge is 2.34. The van der Waals surface area contributed by atoms with Gasteiger partial charge in [0.2, 0.25) is 0 Å². The van der Waals surface area contributed by atoms with Gasteiger partial charge in [0, 0.05) is 23.1 Å². The van der Waals surface area contributed by atoms with Crippen molar-refractivity contribution in [1.82, 2.24) is 4.98 Å². The summed E-state index contributed by atoms with van der Waals surface area (Å²) in [6.07, 6.45) is 5.34. The molecule has 0 aromatic carbocycles. The molecule has 17 heavy (non-hydrogen) atoms. The van der Waals surface area contributed by atoms with Crippen LogP contribution in [0.25, 0.3) is 0 Å². The maximum absolute atomic E-state index is 11.9. The van der Waals surface area contributed by atoms with Crippen LogP contribution in [0.1, 0.15) is 23.2 Å². The smallest absolute Gasteiger partial charge is 0.340 e. The summed E-state index contributed by atoms with van der Waals surface area (Å²) in [6.45, 7) is 0.466. The van der Waals surface area contributed by atoms with Crippen molar-refractivity contribution in [3.63, 3.8) is 0 Å². The average molecular weight is 347 g/mol. The van der Waals surface area contributed by atoms with Crippen molar-refractivity contribution in [2.24, 2.45) is 5.92 Å². The van der Waals surface area contributed by atoms with E-state index in [1.165, 1.54) is 6.20 Å². The number of nitrogens with zero attached hydrogens (tertiary/aromatic N) is 1. The molecule has 0 radical (unpaired) electrons. The van der Waals surface area contributed by atoms with Crippen LogP contribution in [-0.2, 0) is 9.47 Å². The fourth-order valence-corrected chi connectivity index (χ4v) is 2.12. The molecule has 1 atom stereocenters. The Morgan fingerprint density at radius 2 is 2.35 bits per heavy atom. The molecule has 0 unspecified atom stereocenters. The number of carbonyl (C=O) groups is 1. The first-order valence-corrected chi connectivity index (χ1v) is 6.59. The highest BCUT2D eigenvalue weighted by molar-refractivity contribution is 14.1. The number of pyridine rings is 1. The van der Waals surface area contributed by atoms with Crippen molar-refractivity contribution >= 4 is 28.6 Å². The van der Waals surface area contributed by atoms with Crippen LogP contribution in [0.3, 0.4) is 0 Å². The summed E-state index contributed by atoms with van der Waals surface area (Å²) in [6, 6.07) is 1.77. The first-order valence-electron chi connectivity index (χ1n) is 5.51. The van der Waals surface area contributed by atoms with Crippen LogP contribution in [-0.4, -0.2) is 30.8 Å². The number of hydrogen-bond donors (Lipinski definition) is 0. The normalized spacial score (nSPS) is 16.6. The Morgan fingerprint density at radius 1 is 1.59 bits per heavy atom. The summed E-state index contributed by atoms with van der Waals surface area (Å²) in [5, 5.41) is 0. The van der Waals surface area contributed by atoms with Gasteiger partial charge in [0.1, 0.15) is 6.10 Å². The van der Waals surface area contributed by atoms with Crippen LogP contribution < -0.4 is 0 Å². The minimum absolute atomic E-state index is 0.120. The molecule has 1 aromatic rings. The van der Waals surface area contributed by atoms with Crippen LogP contribution >= 0.6 is 22.6 Å². The van der Waals surface area contributed by atoms with E-state index in [0.29, 0.717) is 18.1 Å². The highest BCUT2D eigenvalue weighted by Crippen LogP contribution is 2.34. The molecule has 1 aromatic heterocycles. The summed E-state index contributed by atoms with van der Waals surface area (Å²) in [5.41, 5.74) is 0.499. The molecule has 1 heterocycles. The summed E-state index contributed by atoms with van der Waals surface area (Å²) < 4.78 is 11.4. The van der Waals surface area contributed by atoms with Crippen molar-refractivity contribution in [3.05, 3.63) is 27.6 Å². The number of esters is 1. The number of carbonyl (C=O) groups excluding carboxylic acids is 1. The molecule has 4 nitrogen and oxygen atoms in total. The maximum atomic E-state index is 11.9. The minimum Gasteiger partial charge on any atom is -0.456 e. The van der Waals surface area contributed by atoms with E-state index in [-0.39, 0.29) is 12.1 Å². The zero-order valence-corrected chi connectivity index (χ0v) is 11.7. The number of ether oxygens (including phenoxy) is 2. The number of halogens is 1. The van der Waals surface area contributed by atoms with Crippen LogP contribution in [0.2, 0.25) is 0 Å². The fraction of sp³-hybridized carbons (Fsp3) is 0.500. The van der Waals surface area contributed by atoms with Gasteiger partial charge in [-0.3, -0.25) is 4.98 Å². The van der Waals surface area contributed by atoms with Gasteiger partial charge in [0.15, 0.2) is 0 Å². The lowest BCUT2D eigenvalue weighted by atomic mass is 10.2. The lowest BCUT2D eigenvalue weighted by molar-refractivity contribution is -0.00175. The highest BCUT2D eigenvalue weighted by atomic mass is 127. The van der Waals surface area contributed by atoms with Crippen LogP contribution in [0.5, 0.6) is 0 Å². The van der Waals surface area contributed by atoms with E-state index in [0.717, 1.165) is 16.4 Å². The molecule has 0 bridgehead atoms. The monoisotopic (exact) mass is 347 g/mol. The summed E-state index contributed by atoms with van der Waals surface area (Å²) in [7, 11) is 1.62. The largest absolute Gasteiger partial charge is 0.456 e. The predicted molar refractivity (Wildman–Crippen MR) is 70.8 cm³/mol. The standard InChI is InChI=1S/C12H14INO3/c1-16-7-11(8-2-3-8)17-12(15)9-4-10(13)6-14-5-9/h4-6,8,11H,2-3,7H2,1H3/t11-/m0/s1. The molecule has 0 aliphatic heterocycles. The first-order chi connectivity index (χ1) is 8.20. The number of rotatable bonds is 5. The Bertz CT molecular complexity index is 406. The van der Waals surface area contributed by atoms with Crippen molar-refractivity contribution in [3.8, 4) is 0 Å². The minimum atomic E-state index is -0.315. The molecule has 0 saturated heterocycles. The Kier molecular flexibility index (Phi) is 4.33. The molecule has 1 aliphatic carbocycles. The molecule has 1 fully saturated rings. The first kappa shape index (κ1) is 12.8. The molecule has 0 spiro atoms. The van der Waals surface area contributed by atoms with Gasteiger partial charge in [-0.15, -0.1) is 0 Å². The molecular formula is C12H14INO3. The van der Waals surface area contributed by atoms with Gasteiger partial charge < -0.3 is 9.47 Å². The third-order valence-electron chi connectivity index (χ3n) is 2.68. The Morgan fingerprint density at radius 3 is 2.94 bits per heavy atom. The van der Waals surface area contributed by atoms with Crippen molar-refractivity contribution in [2.45, 2.75) is 18.9 Å². The van der Waals surface area contributed by atoms with Gasteiger partial charge in [0.05, 0.1) is 12.2 Å². The van der Waals surface area contributed by atoms with Crippen molar-refractivity contribution in [2.75, 3.05) is 13.7 Å². The second-order valence-corrected chi connectivity index (χ2v) is 5.37. The van der Waals surface area contributed by atoms with Gasteiger partial charge in [-0.05, 0) is 47.4 Å². The van der Waals surface area contributed by atoms with E-state index in [4.69, 9.17) is 9.47 Å². The molecule has 92 valence electrons. The lowest BCUT2D eigenvalue weighted by Gasteiger charge is -2.16. The van der Waals surface area contributed by atoms with Crippen LogP contribution in [0.15, 0.2) is 18.5 Å². The summed E-state index contributed by atoms with van der Waals surface area (Å²) >= 11 is 2.12. The van der Waals surface area contributed by atoms with Crippen molar-refractivity contribution in [1.29, 1.82) is 0 Å². The third-order valence-corrected chi connectivity index (χ3v) is 3.27. The fourth-order valence-electron chi connectivity index (χ4n) is 1.63. The van der Waals surface area contributed by atoms with Crippen molar-refractivity contribution < 1.29 is 14.3 Å². The molecule has 0 N–H and O–H groups in total. The topological polar surface area (TPSA) is 48.4 Å². The molecule has 1 saturated carbocycles. The summed E-state index contributed by atoms with van der Waals surface area (Å²) in [4.78, 5) is 15.9. The number of methoxy groups -OCH3 is 1. The number of hydrogen-bond acceptors (Lipinski definition) is 4. The molecule has 0 amide bonds. The van der Waals surface area contributed by atoms with E-state index >= 15 is 0 Å². The Hall–Kier alpha value is -0.690. The van der Waals surface area contributed by atoms with Gasteiger partial charge in [-0.25, -0.2) is 4.79 Å². The van der Waals surface area contributed by atoms with Crippen LogP contribution in [0.4, 0.5) is 0 Å². The van der Waals surface area contributed by atoms with Gasteiger partial charge in [-0.1, -0.05) is 0 Å². The second kappa shape index (κ2) is 5.77. The summed E-state index contributed by atoms with van der Waals surface area (Å²) in [5.74, 6) is 0.152. The molecule has 1 aliphatic rings.